The Hall–Kier alpha value is -2.38. The number of likely N-dealkylation sites (N-methyl/N-ethyl adjacent to an activating group) is 1. The van der Waals surface area contributed by atoms with Gasteiger partial charge in [0.25, 0.3) is 0 Å². The maximum absolute atomic E-state index is 4.83. The summed E-state index contributed by atoms with van der Waals surface area (Å²) in [5, 5.41) is 13.7. The molecule has 0 saturated carbocycles. The summed E-state index contributed by atoms with van der Waals surface area (Å²) in [7, 11) is 2.28. The average molecular weight is 392 g/mol. The Balaban J connectivity index is 1.29. The van der Waals surface area contributed by atoms with Crippen LogP contribution in [0.3, 0.4) is 0 Å². The van der Waals surface area contributed by atoms with Crippen LogP contribution < -0.4 is 0 Å². The number of aromatic nitrogens is 5. The number of fused-ring (bicyclic) bond motifs is 1. The van der Waals surface area contributed by atoms with Crippen molar-refractivity contribution in [1.82, 2.24) is 34.6 Å². The van der Waals surface area contributed by atoms with Gasteiger partial charge in [-0.15, -0.1) is 10.2 Å². The van der Waals surface area contributed by atoms with Crippen LogP contribution in [-0.4, -0.2) is 73.9 Å². The maximum Gasteiger partial charge on any atom is 0.177 e. The Morgan fingerprint density at radius 1 is 1.00 bits per heavy atom. The van der Waals surface area contributed by atoms with Crippen molar-refractivity contribution in [3.8, 4) is 11.3 Å². The van der Waals surface area contributed by atoms with E-state index in [4.69, 9.17) is 5.10 Å². The van der Waals surface area contributed by atoms with Gasteiger partial charge in [-0.1, -0.05) is 6.42 Å². The summed E-state index contributed by atoms with van der Waals surface area (Å²) in [6.07, 6.45) is 9.94. The molecule has 7 heteroatoms. The van der Waals surface area contributed by atoms with Crippen molar-refractivity contribution in [2.45, 2.75) is 44.1 Å². The fourth-order valence-corrected chi connectivity index (χ4v) is 4.77. The summed E-state index contributed by atoms with van der Waals surface area (Å²) in [6, 6.07) is 8.69. The molecule has 1 unspecified atom stereocenters. The number of pyridine rings is 1. The summed E-state index contributed by atoms with van der Waals surface area (Å²) in [5.41, 5.74) is 2.74. The van der Waals surface area contributed by atoms with Crippen molar-refractivity contribution in [2.24, 2.45) is 0 Å². The lowest BCUT2D eigenvalue weighted by atomic mass is 9.95. The quantitative estimate of drug-likeness (QED) is 0.682. The molecule has 1 atom stereocenters. The molecule has 0 aliphatic carbocycles. The van der Waals surface area contributed by atoms with E-state index in [2.05, 4.69) is 32.0 Å². The lowest BCUT2D eigenvalue weighted by Gasteiger charge is -2.38. The third-order valence-electron chi connectivity index (χ3n) is 6.59. The molecule has 0 spiro atoms. The van der Waals surface area contributed by atoms with Crippen molar-refractivity contribution < 1.29 is 0 Å². The van der Waals surface area contributed by atoms with Gasteiger partial charge < -0.3 is 9.80 Å². The van der Waals surface area contributed by atoms with Crippen LogP contribution in [0.2, 0.25) is 0 Å². The summed E-state index contributed by atoms with van der Waals surface area (Å²) in [6.45, 7) is 4.71. The second kappa shape index (κ2) is 8.16. The Bertz CT molecular complexity index is 946. The number of piperidine rings is 2. The molecule has 0 radical (unpaired) electrons. The fourth-order valence-electron chi connectivity index (χ4n) is 4.77. The van der Waals surface area contributed by atoms with Gasteiger partial charge in [0.05, 0.1) is 5.69 Å². The molecule has 0 aromatic carbocycles. The second-order valence-electron chi connectivity index (χ2n) is 8.49. The summed E-state index contributed by atoms with van der Waals surface area (Å²) in [5.74, 6) is 1.42. The van der Waals surface area contributed by atoms with Gasteiger partial charge in [-0.05, 0) is 76.6 Å². The molecule has 2 aliphatic heterocycles. The topological polar surface area (TPSA) is 62.5 Å². The maximum atomic E-state index is 4.83. The molecule has 0 N–H and O–H groups in total. The van der Waals surface area contributed by atoms with E-state index in [1.54, 1.807) is 6.20 Å². The number of nitrogens with zero attached hydrogens (tertiary/aromatic N) is 7. The van der Waals surface area contributed by atoms with Crippen LogP contribution >= 0.6 is 0 Å². The van der Waals surface area contributed by atoms with Crippen LogP contribution in [0.15, 0.2) is 36.7 Å². The summed E-state index contributed by atoms with van der Waals surface area (Å²) < 4.78 is 1.94. The third-order valence-corrected chi connectivity index (χ3v) is 6.59. The zero-order valence-corrected chi connectivity index (χ0v) is 17.1. The van der Waals surface area contributed by atoms with E-state index >= 15 is 0 Å². The predicted octanol–water partition coefficient (Wildman–Crippen LogP) is 2.85. The van der Waals surface area contributed by atoms with E-state index < -0.39 is 0 Å². The van der Waals surface area contributed by atoms with Crippen LogP contribution in [0.4, 0.5) is 0 Å². The van der Waals surface area contributed by atoms with E-state index in [0.717, 1.165) is 54.7 Å². The smallest absolute Gasteiger partial charge is 0.177 e. The SMILES string of the molecule is CN1CCCCC1CN1CCC(c2nnc3ccc(-c4cccnc4)nn23)CC1. The van der Waals surface area contributed by atoms with Crippen molar-refractivity contribution >= 4 is 5.65 Å². The Morgan fingerprint density at radius 3 is 2.69 bits per heavy atom. The minimum atomic E-state index is 0.419. The molecule has 2 saturated heterocycles. The first kappa shape index (κ1) is 18.6. The van der Waals surface area contributed by atoms with Gasteiger partial charge in [-0.25, -0.2) is 0 Å². The molecule has 3 aromatic rings. The molecule has 0 amide bonds. The minimum absolute atomic E-state index is 0.419. The first-order valence-electron chi connectivity index (χ1n) is 10.8. The molecule has 7 nitrogen and oxygen atoms in total. The van der Waals surface area contributed by atoms with Gasteiger partial charge >= 0.3 is 0 Å². The summed E-state index contributed by atoms with van der Waals surface area (Å²) in [4.78, 5) is 9.40. The lowest BCUT2D eigenvalue weighted by molar-refractivity contribution is 0.111. The Kier molecular flexibility index (Phi) is 5.24. The highest BCUT2D eigenvalue weighted by Crippen LogP contribution is 2.28. The zero-order chi connectivity index (χ0) is 19.6. The molecule has 2 fully saturated rings. The highest BCUT2D eigenvalue weighted by atomic mass is 15.4. The van der Waals surface area contributed by atoms with Crippen molar-refractivity contribution in [2.75, 3.05) is 33.2 Å². The van der Waals surface area contributed by atoms with Gasteiger partial charge in [0.2, 0.25) is 0 Å². The number of likely N-dealkylation sites (tertiary alicyclic amines) is 2. The van der Waals surface area contributed by atoms with E-state index in [9.17, 15) is 0 Å². The number of hydrogen-bond donors (Lipinski definition) is 0. The number of rotatable bonds is 4. The first-order chi connectivity index (χ1) is 14.3. The normalized spacial score (nSPS) is 22.3. The van der Waals surface area contributed by atoms with Crippen molar-refractivity contribution in [3.63, 3.8) is 0 Å². The Labute approximate surface area is 171 Å². The summed E-state index contributed by atoms with van der Waals surface area (Å²) >= 11 is 0. The van der Waals surface area contributed by atoms with Gasteiger partial charge in [-0.2, -0.15) is 9.61 Å². The van der Waals surface area contributed by atoms with Gasteiger partial charge in [0.1, 0.15) is 0 Å². The largest absolute Gasteiger partial charge is 0.302 e. The van der Waals surface area contributed by atoms with Gasteiger partial charge in [-0.3, -0.25) is 4.98 Å². The molecule has 5 rings (SSSR count). The van der Waals surface area contributed by atoms with E-state index in [1.165, 1.54) is 32.4 Å². The number of hydrogen-bond acceptors (Lipinski definition) is 6. The molecule has 3 aromatic heterocycles. The first-order valence-corrected chi connectivity index (χ1v) is 10.8. The van der Waals surface area contributed by atoms with Crippen LogP contribution in [0.5, 0.6) is 0 Å². The van der Waals surface area contributed by atoms with Gasteiger partial charge in [0, 0.05) is 36.5 Å². The van der Waals surface area contributed by atoms with Gasteiger partial charge in [0.15, 0.2) is 11.5 Å². The van der Waals surface area contributed by atoms with Crippen LogP contribution in [0, 0.1) is 0 Å². The lowest BCUT2D eigenvalue weighted by Crippen LogP contribution is -2.46. The molecule has 2 aliphatic rings. The predicted molar refractivity (Wildman–Crippen MR) is 113 cm³/mol. The molecule has 0 bridgehead atoms. The van der Waals surface area contributed by atoms with E-state index in [1.807, 2.05) is 35.0 Å². The monoisotopic (exact) mass is 391 g/mol. The molecule has 152 valence electrons. The molecule has 29 heavy (non-hydrogen) atoms. The van der Waals surface area contributed by atoms with Crippen molar-refractivity contribution in [3.05, 3.63) is 42.5 Å². The third kappa shape index (κ3) is 3.89. The van der Waals surface area contributed by atoms with Crippen LogP contribution in [0.25, 0.3) is 16.9 Å². The molecular formula is C22H29N7. The molecular weight excluding hydrogens is 362 g/mol. The highest BCUT2D eigenvalue weighted by Gasteiger charge is 2.28. The minimum Gasteiger partial charge on any atom is -0.302 e. The standard InChI is InChI=1S/C22H29N7/c1-27-12-3-2-6-19(27)16-28-13-9-17(10-14-28)22-25-24-21-8-7-20(26-29(21)22)18-5-4-11-23-15-18/h4-5,7-8,11,15,17,19H,2-3,6,9-10,12-14,16H2,1H3. The van der Waals surface area contributed by atoms with Crippen molar-refractivity contribution in [1.29, 1.82) is 0 Å². The van der Waals surface area contributed by atoms with Crippen LogP contribution in [0.1, 0.15) is 43.8 Å². The second-order valence-corrected chi connectivity index (χ2v) is 8.49. The van der Waals surface area contributed by atoms with E-state index in [-0.39, 0.29) is 0 Å². The highest BCUT2D eigenvalue weighted by molar-refractivity contribution is 5.58. The Morgan fingerprint density at radius 2 is 1.90 bits per heavy atom. The van der Waals surface area contributed by atoms with E-state index in [0.29, 0.717) is 5.92 Å². The van der Waals surface area contributed by atoms with Crippen LogP contribution in [-0.2, 0) is 0 Å². The zero-order valence-electron chi connectivity index (χ0n) is 17.1. The fraction of sp³-hybridized carbons (Fsp3) is 0.545. The average Bonchev–Trinajstić information content (AvgIpc) is 3.20. The molecule has 5 heterocycles.